The first-order valence-corrected chi connectivity index (χ1v) is 27.1. The summed E-state index contributed by atoms with van der Waals surface area (Å²) in [7, 11) is 0. The van der Waals surface area contributed by atoms with Gasteiger partial charge < -0.3 is 0 Å². The number of fused-ring (bicyclic) bond motifs is 3. The Morgan fingerprint density at radius 1 is 0.289 bits per heavy atom. The third-order valence-corrected chi connectivity index (χ3v) is 18.6. The standard InChI is InChI=1S/C72H56N4/c1-69(2)49-35-36-50-62-61(49)63-59-51(69)37-45(41-27-31-43(32-28-41)67-73-55-23-15-17-25-57(55)75(67)47-19-11-9-12-20-47)39-53(59)71(5,6)65(63)66-64(62)60-52(70(50,3)4)38-46(40-54(60)72(66,7)8)42-29-33-44(34-30-42)68-74-56-24-16-18-26-58(56)76(68)48-21-13-10-14-22-48/h9-40H,1-8H3. The summed E-state index contributed by atoms with van der Waals surface area (Å²) >= 11 is 0. The number of nitrogens with zero attached hydrogens (tertiary/aromatic N) is 4. The molecular formula is C72H56N4. The van der Waals surface area contributed by atoms with Crippen molar-refractivity contribution in [3.8, 4) is 78.7 Å². The molecule has 0 saturated heterocycles. The van der Waals surface area contributed by atoms with Crippen LogP contribution in [0.3, 0.4) is 0 Å². The number of imidazole rings is 2. The molecule has 0 amide bonds. The maximum absolute atomic E-state index is 5.21. The number of hydrogen-bond acceptors (Lipinski definition) is 2. The summed E-state index contributed by atoms with van der Waals surface area (Å²) in [5, 5.41) is 2.97. The Hall–Kier alpha value is -8.60. The quantitative estimate of drug-likeness (QED) is 0.166. The molecule has 2 heterocycles. The lowest BCUT2D eigenvalue weighted by atomic mass is 9.62. The van der Waals surface area contributed by atoms with Crippen LogP contribution < -0.4 is 0 Å². The van der Waals surface area contributed by atoms with E-state index in [0.29, 0.717) is 0 Å². The van der Waals surface area contributed by atoms with E-state index in [0.717, 1.165) is 56.2 Å². The van der Waals surface area contributed by atoms with Crippen molar-refractivity contribution in [2.24, 2.45) is 0 Å². The fraction of sp³-hybridized carbons (Fsp3) is 0.167. The highest BCUT2D eigenvalue weighted by Crippen LogP contribution is 2.69. The molecule has 10 aromatic carbocycles. The molecule has 16 rings (SSSR count). The third-order valence-electron chi connectivity index (χ3n) is 18.6. The van der Waals surface area contributed by atoms with E-state index < -0.39 is 0 Å². The van der Waals surface area contributed by atoms with Crippen molar-refractivity contribution in [1.82, 2.24) is 19.1 Å². The molecule has 4 nitrogen and oxygen atoms in total. The van der Waals surface area contributed by atoms with Gasteiger partial charge >= 0.3 is 0 Å². The molecule has 4 aliphatic carbocycles. The van der Waals surface area contributed by atoms with Gasteiger partial charge in [-0.15, -0.1) is 0 Å². The van der Waals surface area contributed by atoms with Crippen molar-refractivity contribution in [3.63, 3.8) is 0 Å². The van der Waals surface area contributed by atoms with Crippen LogP contribution in [0.4, 0.5) is 0 Å². The summed E-state index contributed by atoms with van der Waals surface area (Å²) in [6.45, 7) is 20.0. The molecule has 0 fully saturated rings. The summed E-state index contributed by atoms with van der Waals surface area (Å²) in [6.07, 6.45) is 0. The Balaban J connectivity index is 0.848. The van der Waals surface area contributed by atoms with E-state index in [-0.39, 0.29) is 21.7 Å². The maximum atomic E-state index is 5.21. The average Bonchev–Trinajstić information content (AvgIpc) is 4.32. The fourth-order valence-corrected chi connectivity index (χ4v) is 14.8. The van der Waals surface area contributed by atoms with Gasteiger partial charge in [0.05, 0.1) is 22.1 Å². The molecule has 0 radical (unpaired) electrons. The number of rotatable bonds is 6. The lowest BCUT2D eigenvalue weighted by Crippen LogP contribution is -2.28. The zero-order valence-electron chi connectivity index (χ0n) is 44.3. The summed E-state index contributed by atoms with van der Waals surface area (Å²) in [4.78, 5) is 10.4. The molecule has 0 atom stereocenters. The van der Waals surface area contributed by atoms with Crippen LogP contribution in [0.1, 0.15) is 99.9 Å². The molecule has 0 saturated carbocycles. The molecule has 76 heavy (non-hydrogen) atoms. The van der Waals surface area contributed by atoms with Gasteiger partial charge in [0, 0.05) is 44.2 Å². The molecule has 2 aromatic heterocycles. The van der Waals surface area contributed by atoms with Gasteiger partial charge in [-0.2, -0.15) is 0 Å². The third kappa shape index (κ3) is 5.48. The second-order valence-electron chi connectivity index (χ2n) is 24.1. The number of benzene rings is 10. The average molecular weight is 977 g/mol. The van der Waals surface area contributed by atoms with Crippen molar-refractivity contribution in [1.29, 1.82) is 0 Å². The summed E-state index contributed by atoms with van der Waals surface area (Å²) < 4.78 is 4.58. The molecule has 4 heteroatoms. The Bertz CT molecular complexity index is 4230. The van der Waals surface area contributed by atoms with Crippen molar-refractivity contribution >= 4 is 32.8 Å². The van der Waals surface area contributed by atoms with Gasteiger partial charge in [-0.05, 0) is 173 Å². The van der Waals surface area contributed by atoms with Gasteiger partial charge in [-0.3, -0.25) is 9.13 Å². The highest BCUT2D eigenvalue weighted by atomic mass is 15.1. The molecule has 0 spiro atoms. The van der Waals surface area contributed by atoms with Crippen LogP contribution in [-0.2, 0) is 21.7 Å². The first-order chi connectivity index (χ1) is 36.7. The predicted octanol–water partition coefficient (Wildman–Crippen LogP) is 18.1. The zero-order chi connectivity index (χ0) is 51.4. The van der Waals surface area contributed by atoms with Gasteiger partial charge in [-0.25, -0.2) is 9.97 Å². The van der Waals surface area contributed by atoms with E-state index in [9.17, 15) is 0 Å². The predicted molar refractivity (Wildman–Crippen MR) is 314 cm³/mol. The zero-order valence-corrected chi connectivity index (χ0v) is 44.3. The van der Waals surface area contributed by atoms with Crippen molar-refractivity contribution in [2.45, 2.75) is 77.0 Å². The molecular weight excluding hydrogens is 921 g/mol. The SMILES string of the molecule is CC1(C)c2cc(-c3ccc(-c4nc5ccccc5n4-c4ccccc4)cc3)cc3c2-c2c1c1c4c5c(ccc(c25)C3(C)C)C(C)(C)c2cc(-c3ccc(-c5nc6ccccc6n5-c5ccccc5)cc3)cc(c2-4)C1(C)C. The van der Waals surface area contributed by atoms with E-state index in [4.69, 9.17) is 9.97 Å². The van der Waals surface area contributed by atoms with E-state index in [1.54, 1.807) is 0 Å². The van der Waals surface area contributed by atoms with E-state index in [1.165, 1.54) is 99.8 Å². The molecule has 364 valence electrons. The van der Waals surface area contributed by atoms with Crippen molar-refractivity contribution in [3.05, 3.63) is 239 Å². The van der Waals surface area contributed by atoms with Crippen LogP contribution in [0.25, 0.3) is 111 Å². The molecule has 4 aliphatic rings. The smallest absolute Gasteiger partial charge is 0.145 e. The van der Waals surface area contributed by atoms with E-state index in [1.807, 2.05) is 0 Å². The number of hydrogen-bond donors (Lipinski definition) is 0. The Morgan fingerprint density at radius 2 is 0.618 bits per heavy atom. The first-order valence-electron chi connectivity index (χ1n) is 27.1. The van der Waals surface area contributed by atoms with Gasteiger partial charge in [0.2, 0.25) is 0 Å². The van der Waals surface area contributed by atoms with Gasteiger partial charge in [-0.1, -0.05) is 177 Å². The van der Waals surface area contributed by atoms with E-state index in [2.05, 4.69) is 259 Å². The summed E-state index contributed by atoms with van der Waals surface area (Å²) in [6, 6.07) is 71.7. The summed E-state index contributed by atoms with van der Waals surface area (Å²) in [5.74, 6) is 1.90. The van der Waals surface area contributed by atoms with Crippen molar-refractivity contribution < 1.29 is 0 Å². The lowest BCUT2D eigenvalue weighted by Gasteiger charge is -2.41. The molecule has 0 bridgehead atoms. The molecule has 0 aliphatic heterocycles. The minimum Gasteiger partial charge on any atom is -0.292 e. The number of para-hydroxylation sites is 6. The Kier molecular flexibility index (Phi) is 8.42. The minimum atomic E-state index is -0.259. The highest BCUT2D eigenvalue weighted by Gasteiger charge is 2.54. The largest absolute Gasteiger partial charge is 0.292 e. The van der Waals surface area contributed by atoms with Gasteiger partial charge in [0.1, 0.15) is 11.6 Å². The Labute approximate surface area is 444 Å². The topological polar surface area (TPSA) is 35.6 Å². The minimum absolute atomic E-state index is 0.236. The second-order valence-corrected chi connectivity index (χ2v) is 24.1. The molecule has 12 aromatic rings. The van der Waals surface area contributed by atoms with Crippen LogP contribution >= 0.6 is 0 Å². The van der Waals surface area contributed by atoms with Crippen LogP contribution in [0.2, 0.25) is 0 Å². The monoisotopic (exact) mass is 976 g/mol. The van der Waals surface area contributed by atoms with Crippen molar-refractivity contribution in [2.75, 3.05) is 0 Å². The maximum Gasteiger partial charge on any atom is 0.145 e. The highest BCUT2D eigenvalue weighted by molar-refractivity contribution is 6.19. The first kappa shape index (κ1) is 43.8. The van der Waals surface area contributed by atoms with Crippen LogP contribution in [0.15, 0.2) is 194 Å². The van der Waals surface area contributed by atoms with Crippen LogP contribution in [0.5, 0.6) is 0 Å². The Morgan fingerprint density at radius 3 is 1.00 bits per heavy atom. The normalized spacial score (nSPS) is 16.1. The van der Waals surface area contributed by atoms with Crippen LogP contribution in [-0.4, -0.2) is 19.1 Å². The van der Waals surface area contributed by atoms with Crippen LogP contribution in [0, 0.1) is 0 Å². The summed E-state index contributed by atoms with van der Waals surface area (Å²) in [5.41, 5.74) is 30.1. The van der Waals surface area contributed by atoms with Gasteiger partial charge in [0.15, 0.2) is 0 Å². The molecule has 0 unspecified atom stereocenters. The van der Waals surface area contributed by atoms with Gasteiger partial charge in [0.25, 0.3) is 0 Å². The van der Waals surface area contributed by atoms with E-state index >= 15 is 0 Å². The number of aromatic nitrogens is 4. The second kappa shape index (κ2) is 14.6. The fourth-order valence-electron chi connectivity index (χ4n) is 14.8. The lowest BCUT2D eigenvalue weighted by molar-refractivity contribution is 0.600. The molecule has 0 N–H and O–H groups in total.